The van der Waals surface area contributed by atoms with Crippen molar-refractivity contribution in [3.05, 3.63) is 24.3 Å². The Bertz CT molecular complexity index is 388. The van der Waals surface area contributed by atoms with Crippen LogP contribution in [0.5, 0.6) is 0 Å². The molecule has 0 amide bonds. The van der Waals surface area contributed by atoms with E-state index in [-0.39, 0.29) is 24.5 Å². The van der Waals surface area contributed by atoms with Gasteiger partial charge in [0.15, 0.2) is 0 Å². The number of hydrogen-bond acceptors (Lipinski definition) is 4. The second-order valence-electron chi connectivity index (χ2n) is 5.67. The first-order chi connectivity index (χ1) is 10.2. The number of hydrogen-bond donors (Lipinski definition) is 2. The Morgan fingerprint density at radius 3 is 2.76 bits per heavy atom. The Morgan fingerprint density at radius 2 is 2.05 bits per heavy atom. The second-order valence-corrected chi connectivity index (χ2v) is 5.67. The fraction of sp³-hybridized carbons (Fsp3) is 0.688. The Hall–Kier alpha value is -1.17. The van der Waals surface area contributed by atoms with Gasteiger partial charge in [0.1, 0.15) is 0 Å². The monoisotopic (exact) mass is 295 g/mol. The van der Waals surface area contributed by atoms with E-state index >= 15 is 0 Å². The molecule has 2 N–H and O–H groups in total. The van der Waals surface area contributed by atoms with Crippen LogP contribution in [0.25, 0.3) is 0 Å². The fourth-order valence-corrected chi connectivity index (χ4v) is 3.00. The summed E-state index contributed by atoms with van der Waals surface area (Å²) in [5.41, 5.74) is 0. The van der Waals surface area contributed by atoms with Crippen molar-refractivity contribution in [2.45, 2.75) is 37.8 Å². The molecule has 0 unspecified atom stereocenters. The molecular weight excluding hydrogens is 270 g/mol. The van der Waals surface area contributed by atoms with E-state index < -0.39 is 5.97 Å². The highest BCUT2D eigenvalue weighted by molar-refractivity contribution is 5.66. The number of aliphatic hydroxyl groups excluding tert-OH is 1. The number of unbranched alkanes of at least 4 members (excludes halogenated alkanes) is 1. The number of allylic oxidation sites excluding steroid dienone is 2. The van der Waals surface area contributed by atoms with E-state index in [1.807, 2.05) is 12.2 Å². The number of ether oxygens (including phenoxy) is 1. The molecule has 2 rings (SSSR count). The minimum atomic E-state index is -0.744. The van der Waals surface area contributed by atoms with E-state index in [0.717, 1.165) is 39.1 Å². The van der Waals surface area contributed by atoms with Crippen molar-refractivity contribution in [2.24, 2.45) is 5.92 Å². The van der Waals surface area contributed by atoms with Gasteiger partial charge in [-0.3, -0.25) is 9.69 Å². The Kier molecular flexibility index (Phi) is 6.42. The first-order valence-corrected chi connectivity index (χ1v) is 7.73. The average molecular weight is 295 g/mol. The highest BCUT2D eigenvalue weighted by atomic mass is 16.5. The maximum absolute atomic E-state index is 10.4. The molecule has 0 aromatic heterocycles. The standard InChI is InChI=1S/C16H25NO4/c18-15-8-7-14(17-9-11-21-12-10-17)13(15)5-3-1-2-4-6-16(19)20/h1,3,7-8,13-15,18H,2,4-6,9-12H2,(H,19,20)/t13-,14+,15+/m1/s1. The van der Waals surface area contributed by atoms with Gasteiger partial charge in [-0.15, -0.1) is 0 Å². The van der Waals surface area contributed by atoms with Crippen LogP contribution in [0.15, 0.2) is 24.3 Å². The first-order valence-electron chi connectivity index (χ1n) is 7.73. The number of rotatable bonds is 7. The highest BCUT2D eigenvalue weighted by Gasteiger charge is 2.33. The predicted molar refractivity (Wildman–Crippen MR) is 80.1 cm³/mol. The number of carboxylic acid groups (broad SMARTS) is 1. The SMILES string of the molecule is O=C(O)CCCC=CC[C@H]1[C@@H](O)C=C[C@@H]1N1CCOCC1. The van der Waals surface area contributed by atoms with E-state index in [1.54, 1.807) is 0 Å². The molecule has 1 aliphatic heterocycles. The molecule has 1 saturated heterocycles. The van der Waals surface area contributed by atoms with Gasteiger partial charge in [-0.1, -0.05) is 24.3 Å². The van der Waals surface area contributed by atoms with Gasteiger partial charge in [-0.25, -0.2) is 0 Å². The van der Waals surface area contributed by atoms with Gasteiger partial charge in [-0.2, -0.15) is 0 Å². The lowest BCUT2D eigenvalue weighted by Crippen LogP contribution is -2.46. The molecule has 21 heavy (non-hydrogen) atoms. The number of carboxylic acids is 1. The van der Waals surface area contributed by atoms with Crippen molar-refractivity contribution in [1.29, 1.82) is 0 Å². The van der Waals surface area contributed by atoms with Gasteiger partial charge >= 0.3 is 5.97 Å². The molecule has 0 aromatic rings. The van der Waals surface area contributed by atoms with Crippen molar-refractivity contribution in [3.8, 4) is 0 Å². The molecule has 0 bridgehead atoms. The van der Waals surface area contributed by atoms with Crippen molar-refractivity contribution in [2.75, 3.05) is 26.3 Å². The normalized spacial score (nSPS) is 30.2. The Morgan fingerprint density at radius 1 is 1.29 bits per heavy atom. The highest BCUT2D eigenvalue weighted by Crippen LogP contribution is 2.28. The number of morpholine rings is 1. The van der Waals surface area contributed by atoms with Crippen LogP contribution in [0.3, 0.4) is 0 Å². The summed E-state index contributed by atoms with van der Waals surface area (Å²) in [6.07, 6.45) is 10.2. The van der Waals surface area contributed by atoms with Gasteiger partial charge in [0.2, 0.25) is 0 Å². The van der Waals surface area contributed by atoms with Crippen LogP contribution in [0, 0.1) is 5.92 Å². The van der Waals surface area contributed by atoms with Crippen LogP contribution in [-0.2, 0) is 9.53 Å². The average Bonchev–Trinajstić information content (AvgIpc) is 2.84. The summed E-state index contributed by atoms with van der Waals surface area (Å²) in [4.78, 5) is 12.8. The lowest BCUT2D eigenvalue weighted by atomic mass is 9.94. The van der Waals surface area contributed by atoms with Gasteiger partial charge in [0, 0.05) is 31.5 Å². The van der Waals surface area contributed by atoms with E-state index in [2.05, 4.69) is 17.1 Å². The number of carbonyl (C=O) groups is 1. The Balaban J connectivity index is 1.77. The lowest BCUT2D eigenvalue weighted by Gasteiger charge is -2.35. The zero-order valence-corrected chi connectivity index (χ0v) is 12.4. The van der Waals surface area contributed by atoms with Crippen molar-refractivity contribution in [3.63, 3.8) is 0 Å². The largest absolute Gasteiger partial charge is 0.481 e. The molecule has 1 fully saturated rings. The number of aliphatic hydroxyl groups is 1. The minimum Gasteiger partial charge on any atom is -0.481 e. The van der Waals surface area contributed by atoms with Crippen LogP contribution in [-0.4, -0.2) is 59.5 Å². The topological polar surface area (TPSA) is 70.0 Å². The molecule has 3 atom stereocenters. The summed E-state index contributed by atoms with van der Waals surface area (Å²) < 4.78 is 5.38. The summed E-state index contributed by atoms with van der Waals surface area (Å²) in [7, 11) is 0. The Labute approximate surface area is 125 Å². The van der Waals surface area contributed by atoms with E-state index in [0.29, 0.717) is 6.42 Å². The fourth-order valence-electron chi connectivity index (χ4n) is 3.00. The smallest absolute Gasteiger partial charge is 0.303 e. The molecule has 5 nitrogen and oxygen atoms in total. The molecule has 2 aliphatic rings. The molecule has 1 aliphatic carbocycles. The third-order valence-corrected chi connectivity index (χ3v) is 4.19. The van der Waals surface area contributed by atoms with Crippen molar-refractivity contribution >= 4 is 5.97 Å². The predicted octanol–water partition coefficient (Wildman–Crippen LogP) is 1.44. The molecule has 118 valence electrons. The molecule has 0 aromatic carbocycles. The van der Waals surface area contributed by atoms with Crippen LogP contribution < -0.4 is 0 Å². The number of aliphatic carboxylic acids is 1. The molecule has 5 heteroatoms. The van der Waals surface area contributed by atoms with Crippen LogP contribution in [0.4, 0.5) is 0 Å². The minimum absolute atomic E-state index is 0.193. The molecule has 0 radical (unpaired) electrons. The second kappa shape index (κ2) is 8.32. The summed E-state index contributed by atoms with van der Waals surface area (Å²) in [6, 6.07) is 0.285. The van der Waals surface area contributed by atoms with E-state index in [1.165, 1.54) is 0 Å². The maximum Gasteiger partial charge on any atom is 0.303 e. The van der Waals surface area contributed by atoms with Gasteiger partial charge in [0.25, 0.3) is 0 Å². The third-order valence-electron chi connectivity index (χ3n) is 4.19. The van der Waals surface area contributed by atoms with Crippen LogP contribution >= 0.6 is 0 Å². The van der Waals surface area contributed by atoms with Crippen molar-refractivity contribution in [1.82, 2.24) is 4.90 Å². The first kappa shape index (κ1) is 16.2. The zero-order chi connectivity index (χ0) is 15.1. The van der Waals surface area contributed by atoms with E-state index in [9.17, 15) is 9.90 Å². The maximum atomic E-state index is 10.4. The number of nitrogens with zero attached hydrogens (tertiary/aromatic N) is 1. The van der Waals surface area contributed by atoms with Crippen LogP contribution in [0.2, 0.25) is 0 Å². The van der Waals surface area contributed by atoms with Gasteiger partial charge in [0.05, 0.1) is 19.3 Å². The summed E-state index contributed by atoms with van der Waals surface area (Å²) in [6.45, 7) is 3.36. The summed E-state index contributed by atoms with van der Waals surface area (Å²) in [5.74, 6) is -0.551. The molecule has 1 heterocycles. The van der Waals surface area contributed by atoms with Gasteiger partial charge < -0.3 is 14.9 Å². The van der Waals surface area contributed by atoms with Gasteiger partial charge in [-0.05, 0) is 19.3 Å². The zero-order valence-electron chi connectivity index (χ0n) is 12.4. The summed E-state index contributed by atoms with van der Waals surface area (Å²) in [5, 5.41) is 18.7. The van der Waals surface area contributed by atoms with E-state index in [4.69, 9.17) is 9.84 Å². The van der Waals surface area contributed by atoms with Crippen LogP contribution in [0.1, 0.15) is 25.7 Å². The quantitative estimate of drug-likeness (QED) is 0.549. The summed E-state index contributed by atoms with van der Waals surface area (Å²) >= 11 is 0. The molecular formula is C16H25NO4. The lowest BCUT2D eigenvalue weighted by molar-refractivity contribution is -0.137. The molecule has 0 saturated carbocycles. The third kappa shape index (κ3) is 4.95. The molecule has 0 spiro atoms. The van der Waals surface area contributed by atoms with Crippen molar-refractivity contribution < 1.29 is 19.7 Å².